The monoisotopic (exact) mass is 1680 g/mol. The lowest BCUT2D eigenvalue weighted by Gasteiger charge is -2.30. The maximum Gasteiger partial charge on any atom is 0.0468 e. The second-order valence-corrected chi connectivity index (χ2v) is 32.2. The highest BCUT2D eigenvalue weighted by molar-refractivity contribution is 5.94. The standard InChI is InChI=1S/C122H91N9/c1-10-36-96(37-11-1)123(105-58-62-107(63-59-105)124(97-38-12-2-13-39-97)109-66-70-111(71-67-109)126(99-42-16-4-17-43-99)113-74-78-115(79-75-113)128(101-46-20-6-21-47-101)117-82-86-119(87-83-117)130(103-50-24-8-25-51-103)121-56-54-92-32-28-30-34-94(92)90-121)106-60-64-108(65-61-106)125(98-40-14-3-15-41-98)110-68-72-112(73-69-110)127(100-44-18-5-19-45-100)114-76-80-116(81-77-114)129(102-48-22-7-23-49-102)118-84-88-120(89-85-118)131(104-52-26-9-27-53-104)122-57-55-93-33-29-31-35-95(93)91-122/h1-91H. The Morgan fingerprint density at radius 1 is 0.0687 bits per heavy atom. The predicted octanol–water partition coefficient (Wildman–Crippen LogP) is 35.2. The summed E-state index contributed by atoms with van der Waals surface area (Å²) in [4.78, 5) is 21.0. The molecule has 9 heteroatoms. The lowest BCUT2D eigenvalue weighted by Crippen LogP contribution is -2.14. The van der Waals surface area contributed by atoms with Gasteiger partial charge in [0, 0.05) is 154 Å². The van der Waals surface area contributed by atoms with E-state index in [1.807, 2.05) is 0 Å². The number of benzene rings is 21. The third kappa shape index (κ3) is 17.2. The topological polar surface area (TPSA) is 29.2 Å². The first-order valence-corrected chi connectivity index (χ1v) is 44.4. The molecule has 0 aromatic heterocycles. The Kier molecular flexibility index (Phi) is 22.9. The lowest BCUT2D eigenvalue weighted by atomic mass is 10.1. The van der Waals surface area contributed by atoms with Gasteiger partial charge < -0.3 is 44.1 Å². The molecule has 0 radical (unpaired) electrons. The van der Waals surface area contributed by atoms with Gasteiger partial charge in [0.2, 0.25) is 0 Å². The molecule has 0 spiro atoms. The molecule has 131 heavy (non-hydrogen) atoms. The van der Waals surface area contributed by atoms with Crippen molar-refractivity contribution in [2.24, 2.45) is 0 Å². The van der Waals surface area contributed by atoms with Crippen LogP contribution in [-0.4, -0.2) is 0 Å². The van der Waals surface area contributed by atoms with Crippen LogP contribution in [0.5, 0.6) is 0 Å². The van der Waals surface area contributed by atoms with Crippen LogP contribution in [0.3, 0.4) is 0 Å². The molecule has 0 saturated heterocycles. The number of fused-ring (bicyclic) bond motifs is 2. The van der Waals surface area contributed by atoms with Crippen LogP contribution < -0.4 is 44.1 Å². The van der Waals surface area contributed by atoms with Crippen molar-refractivity contribution in [3.05, 3.63) is 552 Å². The van der Waals surface area contributed by atoms with E-state index >= 15 is 0 Å². The minimum Gasteiger partial charge on any atom is -0.311 e. The molecule has 0 saturated carbocycles. The fraction of sp³-hybridized carbons (Fsp3) is 0. The summed E-state index contributed by atoms with van der Waals surface area (Å²) >= 11 is 0. The van der Waals surface area contributed by atoms with Crippen LogP contribution >= 0.6 is 0 Å². The first-order valence-electron chi connectivity index (χ1n) is 44.4. The van der Waals surface area contributed by atoms with Gasteiger partial charge in [-0.15, -0.1) is 0 Å². The summed E-state index contributed by atoms with van der Waals surface area (Å²) in [6.45, 7) is 0. The van der Waals surface area contributed by atoms with E-state index < -0.39 is 0 Å². The van der Waals surface area contributed by atoms with E-state index in [4.69, 9.17) is 0 Å². The van der Waals surface area contributed by atoms with Gasteiger partial charge in [-0.05, 0) is 349 Å². The van der Waals surface area contributed by atoms with Gasteiger partial charge in [-0.25, -0.2) is 0 Å². The van der Waals surface area contributed by atoms with Gasteiger partial charge in [-0.2, -0.15) is 0 Å². The number of hydrogen-bond donors (Lipinski definition) is 0. The van der Waals surface area contributed by atoms with Crippen LogP contribution in [0.2, 0.25) is 0 Å². The van der Waals surface area contributed by atoms with Crippen LogP contribution in [0, 0.1) is 0 Å². The molecule has 21 rings (SSSR count). The van der Waals surface area contributed by atoms with E-state index in [-0.39, 0.29) is 0 Å². The maximum absolute atomic E-state index is 2.33. The number of para-hydroxylation sites is 9. The Morgan fingerprint density at radius 3 is 0.290 bits per heavy atom. The van der Waals surface area contributed by atoms with E-state index in [1.165, 1.54) is 21.5 Å². The van der Waals surface area contributed by atoms with Crippen LogP contribution in [0.1, 0.15) is 0 Å². The largest absolute Gasteiger partial charge is 0.311 e. The summed E-state index contributed by atoms with van der Waals surface area (Å²) < 4.78 is 0. The summed E-state index contributed by atoms with van der Waals surface area (Å²) in [5.74, 6) is 0. The molecule has 624 valence electrons. The molecular weight excluding hydrogens is 1590 g/mol. The van der Waals surface area contributed by atoms with Crippen molar-refractivity contribution in [2.75, 3.05) is 44.1 Å². The Balaban J connectivity index is 0.550. The van der Waals surface area contributed by atoms with Gasteiger partial charge >= 0.3 is 0 Å². The molecule has 0 fully saturated rings. The normalized spacial score (nSPS) is 11.1. The van der Waals surface area contributed by atoms with E-state index in [2.05, 4.69) is 596 Å². The van der Waals surface area contributed by atoms with Gasteiger partial charge in [-0.1, -0.05) is 224 Å². The second kappa shape index (κ2) is 37.3. The minimum atomic E-state index is 1.02. The predicted molar refractivity (Wildman–Crippen MR) is 554 cm³/mol. The summed E-state index contributed by atoms with van der Waals surface area (Å²) in [7, 11) is 0. The molecule has 21 aromatic rings. The van der Waals surface area contributed by atoms with Crippen LogP contribution in [0.15, 0.2) is 552 Å². The SMILES string of the molecule is c1ccc(N(c2ccc(N(c3ccccc3)c3ccc(N(c4ccccc4)c4ccc(N(c5ccccc5)c5ccc(N(c6ccccc6)c6ccc7ccccc7c6)cc5)cc4)cc3)cc2)c2ccc(N(c3ccccc3)c3ccc(N(c4ccccc4)c4ccc(N(c5ccccc5)c5ccc(N(c6ccccc6)c6ccc7ccccc7c6)cc5)cc4)cc3)cc2)cc1. The average Bonchev–Trinajstić information content (AvgIpc) is 0.782. The molecule has 0 N–H and O–H groups in total. The molecule has 0 aliphatic carbocycles. The zero-order chi connectivity index (χ0) is 87.4. The molecular formula is C122H91N9. The van der Waals surface area contributed by atoms with Gasteiger partial charge in [0.05, 0.1) is 0 Å². The highest BCUT2D eigenvalue weighted by Crippen LogP contribution is 2.49. The molecule has 0 atom stereocenters. The zero-order valence-electron chi connectivity index (χ0n) is 72.1. The number of rotatable bonds is 27. The van der Waals surface area contributed by atoms with Crippen molar-refractivity contribution in [3.8, 4) is 0 Å². The number of nitrogens with zero attached hydrogens (tertiary/aromatic N) is 9. The summed E-state index contributed by atoms with van der Waals surface area (Å²) in [5.41, 5.74) is 28.2. The zero-order valence-corrected chi connectivity index (χ0v) is 72.1. The van der Waals surface area contributed by atoms with Crippen molar-refractivity contribution >= 4 is 175 Å². The first-order chi connectivity index (χ1) is 65.0. The summed E-state index contributed by atoms with van der Waals surface area (Å²) in [6.07, 6.45) is 0. The Hall–Kier alpha value is -17.7. The van der Waals surface area contributed by atoms with Crippen molar-refractivity contribution in [1.82, 2.24) is 0 Å². The smallest absolute Gasteiger partial charge is 0.0468 e. The van der Waals surface area contributed by atoms with Crippen molar-refractivity contribution in [1.29, 1.82) is 0 Å². The fourth-order valence-electron chi connectivity index (χ4n) is 17.9. The Bertz CT molecular complexity index is 6870. The second-order valence-electron chi connectivity index (χ2n) is 32.2. The van der Waals surface area contributed by atoms with Crippen molar-refractivity contribution < 1.29 is 0 Å². The van der Waals surface area contributed by atoms with E-state index in [0.717, 1.165) is 154 Å². The van der Waals surface area contributed by atoms with Gasteiger partial charge in [0.25, 0.3) is 0 Å². The maximum atomic E-state index is 2.33. The quantitative estimate of drug-likeness (QED) is 0.0499. The number of hydrogen-bond acceptors (Lipinski definition) is 9. The average molecular weight is 1680 g/mol. The third-order valence-electron chi connectivity index (χ3n) is 24.0. The molecule has 0 unspecified atom stereocenters. The Morgan fingerprint density at radius 2 is 0.160 bits per heavy atom. The van der Waals surface area contributed by atoms with Gasteiger partial charge in [0.1, 0.15) is 0 Å². The van der Waals surface area contributed by atoms with E-state index in [1.54, 1.807) is 0 Å². The van der Waals surface area contributed by atoms with Gasteiger partial charge in [-0.3, -0.25) is 0 Å². The van der Waals surface area contributed by atoms with Gasteiger partial charge in [0.15, 0.2) is 0 Å². The van der Waals surface area contributed by atoms with Crippen LogP contribution in [-0.2, 0) is 0 Å². The Labute approximate surface area is 766 Å². The van der Waals surface area contributed by atoms with Crippen LogP contribution in [0.4, 0.5) is 154 Å². The van der Waals surface area contributed by atoms with E-state index in [0.29, 0.717) is 0 Å². The molecule has 9 nitrogen and oxygen atoms in total. The third-order valence-corrected chi connectivity index (χ3v) is 24.0. The van der Waals surface area contributed by atoms with Crippen LogP contribution in [0.25, 0.3) is 21.5 Å². The summed E-state index contributed by atoms with van der Waals surface area (Å²) in [6, 6.07) is 198. The lowest BCUT2D eigenvalue weighted by molar-refractivity contribution is 1.23. The summed E-state index contributed by atoms with van der Waals surface area (Å²) in [5, 5.41) is 4.82. The fourth-order valence-corrected chi connectivity index (χ4v) is 17.9. The highest BCUT2D eigenvalue weighted by atomic mass is 15.2. The minimum absolute atomic E-state index is 1.02. The van der Waals surface area contributed by atoms with Crippen molar-refractivity contribution in [3.63, 3.8) is 0 Å². The molecule has 0 aliphatic rings. The van der Waals surface area contributed by atoms with E-state index in [9.17, 15) is 0 Å². The molecule has 0 heterocycles. The molecule has 0 amide bonds. The van der Waals surface area contributed by atoms with Crippen molar-refractivity contribution in [2.45, 2.75) is 0 Å². The molecule has 0 aliphatic heterocycles. The number of anilines is 27. The highest BCUT2D eigenvalue weighted by Gasteiger charge is 2.25. The molecule has 21 aromatic carbocycles. The molecule has 0 bridgehead atoms. The first kappa shape index (κ1) is 80.5.